The van der Waals surface area contributed by atoms with E-state index < -0.39 is 0 Å². The summed E-state index contributed by atoms with van der Waals surface area (Å²) < 4.78 is 1.94. The van der Waals surface area contributed by atoms with Crippen molar-refractivity contribution < 1.29 is 0 Å². The highest BCUT2D eigenvalue weighted by Gasteiger charge is 2.22. The van der Waals surface area contributed by atoms with Crippen LogP contribution in [0.15, 0.2) is 24.5 Å². The summed E-state index contributed by atoms with van der Waals surface area (Å²) in [6.45, 7) is 1.76. The van der Waals surface area contributed by atoms with Gasteiger partial charge in [0.1, 0.15) is 6.33 Å². The number of aromatic nitrogens is 3. The molecular formula is C12H15N5. The topological polar surface area (TPSA) is 60.0 Å². The van der Waals surface area contributed by atoms with Gasteiger partial charge in [-0.15, -0.1) is 10.2 Å². The van der Waals surface area contributed by atoms with Gasteiger partial charge in [-0.2, -0.15) is 0 Å². The molecule has 1 aliphatic heterocycles. The van der Waals surface area contributed by atoms with Crippen molar-refractivity contribution in [2.45, 2.75) is 13.0 Å². The number of rotatable bonds is 2. The molecule has 5 heteroatoms. The predicted octanol–water partition coefficient (Wildman–Crippen LogP) is 0.960. The lowest BCUT2D eigenvalue weighted by molar-refractivity contribution is 0.733. The molecule has 0 aliphatic carbocycles. The van der Waals surface area contributed by atoms with E-state index in [1.54, 1.807) is 6.33 Å². The highest BCUT2D eigenvalue weighted by atomic mass is 15.3. The maximum atomic E-state index is 6.04. The molecule has 0 amide bonds. The third kappa shape index (κ3) is 1.63. The van der Waals surface area contributed by atoms with Crippen LogP contribution in [0.3, 0.4) is 0 Å². The van der Waals surface area contributed by atoms with E-state index in [9.17, 15) is 0 Å². The first-order valence-corrected chi connectivity index (χ1v) is 5.71. The molecule has 1 aromatic heterocycles. The van der Waals surface area contributed by atoms with Crippen molar-refractivity contribution in [1.29, 1.82) is 0 Å². The second-order valence-electron chi connectivity index (χ2n) is 4.38. The summed E-state index contributed by atoms with van der Waals surface area (Å²) in [5, 5.41) is 8.01. The first-order chi connectivity index (χ1) is 8.25. The minimum absolute atomic E-state index is 0.762. The third-order valence-electron chi connectivity index (χ3n) is 3.26. The standard InChI is InChI=1S/C12H15N5/c1-16-8-14-15-11(16)7-17-6-5-9-3-2-4-10(13)12(9)17/h2-4,8H,5-7,13H2,1H3. The second-order valence-corrected chi connectivity index (χ2v) is 4.38. The van der Waals surface area contributed by atoms with E-state index in [0.29, 0.717) is 0 Å². The second kappa shape index (κ2) is 3.76. The van der Waals surface area contributed by atoms with Crippen LogP contribution in [0.4, 0.5) is 11.4 Å². The number of hydrogen-bond donors (Lipinski definition) is 1. The Morgan fingerprint density at radius 3 is 3.06 bits per heavy atom. The molecule has 0 fully saturated rings. The number of benzene rings is 1. The summed E-state index contributed by atoms with van der Waals surface area (Å²) in [4.78, 5) is 2.27. The van der Waals surface area contributed by atoms with Crippen molar-refractivity contribution in [2.75, 3.05) is 17.2 Å². The first kappa shape index (κ1) is 10.1. The molecule has 0 bridgehead atoms. The van der Waals surface area contributed by atoms with Gasteiger partial charge in [-0.05, 0) is 18.1 Å². The summed E-state index contributed by atoms with van der Waals surface area (Å²) in [5.74, 6) is 0.959. The molecule has 0 radical (unpaired) electrons. The van der Waals surface area contributed by atoms with E-state index in [4.69, 9.17) is 5.73 Å². The smallest absolute Gasteiger partial charge is 0.152 e. The zero-order valence-electron chi connectivity index (χ0n) is 9.80. The summed E-state index contributed by atoms with van der Waals surface area (Å²) in [5.41, 5.74) is 9.38. The molecule has 1 aliphatic rings. The largest absolute Gasteiger partial charge is 0.397 e. The summed E-state index contributed by atoms with van der Waals surface area (Å²) in [6.07, 6.45) is 2.78. The number of para-hydroxylation sites is 1. The van der Waals surface area contributed by atoms with E-state index in [1.165, 1.54) is 5.56 Å². The predicted molar refractivity (Wildman–Crippen MR) is 66.6 cm³/mol. The Balaban J connectivity index is 1.92. The van der Waals surface area contributed by atoms with Crippen LogP contribution in [0.25, 0.3) is 0 Å². The molecule has 5 nitrogen and oxygen atoms in total. The normalized spacial score (nSPS) is 14.1. The van der Waals surface area contributed by atoms with Gasteiger partial charge < -0.3 is 15.2 Å². The van der Waals surface area contributed by atoms with Crippen molar-refractivity contribution in [3.63, 3.8) is 0 Å². The van der Waals surface area contributed by atoms with Crippen molar-refractivity contribution in [1.82, 2.24) is 14.8 Å². The van der Waals surface area contributed by atoms with Gasteiger partial charge in [-0.25, -0.2) is 0 Å². The highest BCUT2D eigenvalue weighted by Crippen LogP contribution is 2.34. The van der Waals surface area contributed by atoms with Gasteiger partial charge in [0.25, 0.3) is 0 Å². The van der Waals surface area contributed by atoms with Crippen molar-refractivity contribution in [2.24, 2.45) is 7.05 Å². The molecule has 1 aromatic carbocycles. The fourth-order valence-electron chi connectivity index (χ4n) is 2.34. The first-order valence-electron chi connectivity index (χ1n) is 5.71. The molecule has 0 saturated heterocycles. The third-order valence-corrected chi connectivity index (χ3v) is 3.26. The molecule has 88 valence electrons. The highest BCUT2D eigenvalue weighted by molar-refractivity contribution is 5.74. The average molecular weight is 229 g/mol. The monoisotopic (exact) mass is 229 g/mol. The van der Waals surface area contributed by atoms with Crippen LogP contribution in [-0.2, 0) is 20.0 Å². The Morgan fingerprint density at radius 2 is 2.29 bits per heavy atom. The number of nitrogens with zero attached hydrogens (tertiary/aromatic N) is 4. The van der Waals surface area contributed by atoms with Gasteiger partial charge in [0.05, 0.1) is 17.9 Å². The van der Waals surface area contributed by atoms with Gasteiger partial charge in [-0.1, -0.05) is 12.1 Å². The van der Waals surface area contributed by atoms with Crippen LogP contribution in [0.2, 0.25) is 0 Å². The van der Waals surface area contributed by atoms with Crippen LogP contribution < -0.4 is 10.6 Å². The molecule has 2 heterocycles. The van der Waals surface area contributed by atoms with Crippen LogP contribution in [0.1, 0.15) is 11.4 Å². The minimum Gasteiger partial charge on any atom is -0.397 e. The van der Waals surface area contributed by atoms with Crippen molar-refractivity contribution in [3.8, 4) is 0 Å². The average Bonchev–Trinajstić information content (AvgIpc) is 2.89. The molecule has 17 heavy (non-hydrogen) atoms. The van der Waals surface area contributed by atoms with E-state index in [0.717, 1.165) is 36.7 Å². The molecule has 2 aromatic rings. The van der Waals surface area contributed by atoms with Crippen LogP contribution in [0.5, 0.6) is 0 Å². The quantitative estimate of drug-likeness (QED) is 0.779. The fraction of sp³-hybridized carbons (Fsp3) is 0.333. The van der Waals surface area contributed by atoms with Gasteiger partial charge in [0.2, 0.25) is 0 Å². The van der Waals surface area contributed by atoms with Crippen LogP contribution in [0, 0.1) is 0 Å². The van der Waals surface area contributed by atoms with Crippen molar-refractivity contribution >= 4 is 11.4 Å². The Hall–Kier alpha value is -2.04. The Kier molecular flexibility index (Phi) is 2.24. The lowest BCUT2D eigenvalue weighted by Gasteiger charge is -2.20. The zero-order valence-corrected chi connectivity index (χ0v) is 9.80. The van der Waals surface area contributed by atoms with Gasteiger partial charge in [-0.3, -0.25) is 0 Å². The van der Waals surface area contributed by atoms with E-state index >= 15 is 0 Å². The summed E-state index contributed by atoms with van der Waals surface area (Å²) in [7, 11) is 1.96. The minimum atomic E-state index is 0.762. The number of anilines is 2. The lowest BCUT2D eigenvalue weighted by Crippen LogP contribution is -2.22. The molecule has 0 unspecified atom stereocenters. The van der Waals surface area contributed by atoms with Gasteiger partial charge in [0, 0.05) is 13.6 Å². The zero-order chi connectivity index (χ0) is 11.8. The number of fused-ring (bicyclic) bond motifs is 1. The Labute approximate surface area is 99.9 Å². The van der Waals surface area contributed by atoms with Gasteiger partial charge in [0.15, 0.2) is 5.82 Å². The molecule has 0 atom stereocenters. The fourth-order valence-corrected chi connectivity index (χ4v) is 2.34. The number of aryl methyl sites for hydroxylation is 1. The molecule has 2 N–H and O–H groups in total. The summed E-state index contributed by atoms with van der Waals surface area (Å²) in [6, 6.07) is 6.11. The molecule has 0 spiro atoms. The SMILES string of the molecule is Cn1cnnc1CN1CCc2cccc(N)c21. The van der Waals surface area contributed by atoms with Gasteiger partial charge >= 0.3 is 0 Å². The van der Waals surface area contributed by atoms with Crippen LogP contribution in [-0.4, -0.2) is 21.3 Å². The maximum absolute atomic E-state index is 6.04. The Bertz CT molecular complexity index is 546. The van der Waals surface area contributed by atoms with Crippen molar-refractivity contribution in [3.05, 3.63) is 35.9 Å². The molecule has 0 saturated carbocycles. The number of nitrogen functional groups attached to an aromatic ring is 1. The Morgan fingerprint density at radius 1 is 1.41 bits per heavy atom. The summed E-state index contributed by atoms with van der Waals surface area (Å²) >= 11 is 0. The van der Waals surface area contributed by atoms with E-state index in [-0.39, 0.29) is 0 Å². The van der Waals surface area contributed by atoms with Crippen LogP contribution >= 0.6 is 0 Å². The maximum Gasteiger partial charge on any atom is 0.152 e. The molecule has 3 rings (SSSR count). The number of nitrogens with two attached hydrogens (primary N) is 1. The van der Waals surface area contributed by atoms with E-state index in [1.807, 2.05) is 23.7 Å². The van der Waals surface area contributed by atoms with E-state index in [2.05, 4.69) is 21.2 Å². The number of hydrogen-bond acceptors (Lipinski definition) is 4. The molecular weight excluding hydrogens is 214 g/mol. The lowest BCUT2D eigenvalue weighted by atomic mass is 10.1.